The second-order valence-electron chi connectivity index (χ2n) is 5.74. The van der Waals surface area contributed by atoms with Crippen LogP contribution in [0.2, 0.25) is 0 Å². The highest BCUT2D eigenvalue weighted by Crippen LogP contribution is 2.33. The molecule has 2 aromatic rings. The van der Waals surface area contributed by atoms with Gasteiger partial charge in [-0.3, -0.25) is 0 Å². The van der Waals surface area contributed by atoms with Crippen molar-refractivity contribution in [3.63, 3.8) is 0 Å². The molecule has 8 nitrogen and oxygen atoms in total. The summed E-state index contributed by atoms with van der Waals surface area (Å²) in [6.07, 6.45) is 4.82. The lowest BCUT2D eigenvalue weighted by atomic mass is 9.97. The average Bonchev–Trinajstić information content (AvgIpc) is 3.23. The van der Waals surface area contributed by atoms with Gasteiger partial charge in [0.25, 0.3) is 0 Å². The molecule has 4 rings (SSSR count). The van der Waals surface area contributed by atoms with E-state index in [2.05, 4.69) is 25.7 Å². The molecule has 0 saturated carbocycles. The summed E-state index contributed by atoms with van der Waals surface area (Å²) in [7, 11) is -3.43. The van der Waals surface area contributed by atoms with Crippen LogP contribution in [0.15, 0.2) is 44.5 Å². The number of aliphatic imine (C=N–C) groups is 1. The smallest absolute Gasteiger partial charge is 0.180 e. The molecule has 0 bridgehead atoms. The summed E-state index contributed by atoms with van der Waals surface area (Å²) in [5.74, 6) is 0.356. The minimum Gasteiger partial charge on any atom is -0.310 e. The zero-order valence-corrected chi connectivity index (χ0v) is 13.9. The largest absolute Gasteiger partial charge is 0.310 e. The number of aromatic nitrogens is 2. The zero-order valence-electron chi connectivity index (χ0n) is 13.1. The number of benzene rings is 1. The molecule has 0 saturated heterocycles. The van der Waals surface area contributed by atoms with Crippen molar-refractivity contribution in [2.24, 2.45) is 15.2 Å². The Hall–Kier alpha value is -2.55. The Morgan fingerprint density at radius 2 is 2.12 bits per heavy atom. The van der Waals surface area contributed by atoms with Gasteiger partial charge in [-0.2, -0.15) is 15.0 Å². The predicted octanol–water partition coefficient (Wildman–Crippen LogP) is 1.61. The van der Waals surface area contributed by atoms with Gasteiger partial charge in [-0.15, -0.1) is 5.11 Å². The van der Waals surface area contributed by atoms with Gasteiger partial charge in [0.05, 0.1) is 16.8 Å². The summed E-state index contributed by atoms with van der Waals surface area (Å²) in [4.78, 5) is 6.21. The van der Waals surface area contributed by atoms with Crippen molar-refractivity contribution in [2.75, 3.05) is 24.9 Å². The van der Waals surface area contributed by atoms with Crippen LogP contribution in [-0.2, 0) is 16.3 Å². The molecule has 24 heavy (non-hydrogen) atoms. The summed E-state index contributed by atoms with van der Waals surface area (Å²) in [6, 6.07) is 5.20. The van der Waals surface area contributed by atoms with Crippen LogP contribution >= 0.6 is 0 Å². The quantitative estimate of drug-likeness (QED) is 0.914. The molecule has 0 amide bonds. The maximum absolute atomic E-state index is 12.3. The molecule has 0 unspecified atom stereocenters. The van der Waals surface area contributed by atoms with Crippen molar-refractivity contribution in [1.29, 1.82) is 0 Å². The van der Waals surface area contributed by atoms with E-state index in [0.717, 1.165) is 36.2 Å². The van der Waals surface area contributed by atoms with Crippen LogP contribution in [0, 0.1) is 0 Å². The molecule has 0 fully saturated rings. The Balaban J connectivity index is 1.99. The Morgan fingerprint density at radius 3 is 2.88 bits per heavy atom. The van der Waals surface area contributed by atoms with Crippen molar-refractivity contribution in [3.8, 4) is 11.1 Å². The Bertz CT molecular complexity index is 974. The molecule has 3 heterocycles. The Morgan fingerprint density at radius 1 is 1.25 bits per heavy atom. The fraction of sp³-hybridized carbons (Fsp3) is 0.333. The van der Waals surface area contributed by atoms with Gasteiger partial charge in [0.15, 0.2) is 22.3 Å². The molecule has 124 valence electrons. The number of nitrogens with one attached hydrogen (secondary N) is 1. The van der Waals surface area contributed by atoms with Gasteiger partial charge in [-0.1, -0.05) is 12.1 Å². The van der Waals surface area contributed by atoms with E-state index in [1.165, 1.54) is 6.26 Å². The molecule has 0 atom stereocenters. The SMILES string of the molecule is CS(=O)(=O)c1cccc(-c2cnn3c2CCCN3)c1C1=NCN=N1. The van der Waals surface area contributed by atoms with Crippen LogP contribution in [0.1, 0.15) is 17.7 Å². The third kappa shape index (κ3) is 2.41. The topological polar surface area (TPSA) is 101 Å². The van der Waals surface area contributed by atoms with E-state index in [0.29, 0.717) is 11.4 Å². The number of sulfone groups is 1. The first-order valence-electron chi connectivity index (χ1n) is 7.62. The minimum atomic E-state index is -3.43. The third-order valence-corrected chi connectivity index (χ3v) is 5.25. The second kappa shape index (κ2) is 5.52. The van der Waals surface area contributed by atoms with Crippen molar-refractivity contribution >= 4 is 15.7 Å². The van der Waals surface area contributed by atoms with Gasteiger partial charge in [0.2, 0.25) is 0 Å². The summed E-state index contributed by atoms with van der Waals surface area (Å²) >= 11 is 0. The van der Waals surface area contributed by atoms with E-state index in [1.54, 1.807) is 23.1 Å². The Kier molecular flexibility index (Phi) is 3.45. The first-order chi connectivity index (χ1) is 11.6. The molecule has 0 aliphatic carbocycles. The number of rotatable bonds is 3. The highest BCUT2D eigenvalue weighted by atomic mass is 32.2. The van der Waals surface area contributed by atoms with Crippen molar-refractivity contribution in [3.05, 3.63) is 35.7 Å². The molecule has 1 aromatic heterocycles. The highest BCUT2D eigenvalue weighted by Gasteiger charge is 2.26. The van der Waals surface area contributed by atoms with E-state index in [9.17, 15) is 8.42 Å². The maximum atomic E-state index is 12.3. The lowest BCUT2D eigenvalue weighted by Crippen LogP contribution is -2.25. The van der Waals surface area contributed by atoms with E-state index in [1.807, 2.05) is 6.07 Å². The molecule has 1 aromatic carbocycles. The van der Waals surface area contributed by atoms with E-state index < -0.39 is 9.84 Å². The lowest BCUT2D eigenvalue weighted by Gasteiger charge is -2.18. The van der Waals surface area contributed by atoms with Gasteiger partial charge < -0.3 is 5.43 Å². The maximum Gasteiger partial charge on any atom is 0.180 e. The summed E-state index contributed by atoms with van der Waals surface area (Å²) in [5, 5.41) is 12.3. The number of fused-ring (bicyclic) bond motifs is 1. The first kappa shape index (κ1) is 15.0. The minimum absolute atomic E-state index is 0.211. The van der Waals surface area contributed by atoms with Crippen LogP contribution in [0.3, 0.4) is 0 Å². The van der Waals surface area contributed by atoms with Crippen LogP contribution in [0.4, 0.5) is 0 Å². The highest BCUT2D eigenvalue weighted by molar-refractivity contribution is 7.90. The van der Waals surface area contributed by atoms with Crippen molar-refractivity contribution < 1.29 is 8.42 Å². The summed E-state index contributed by atoms with van der Waals surface area (Å²) in [5.41, 5.74) is 6.40. The molecular formula is C15H16N6O2S. The second-order valence-corrected chi connectivity index (χ2v) is 7.73. The predicted molar refractivity (Wildman–Crippen MR) is 89.6 cm³/mol. The number of nitrogens with zero attached hydrogens (tertiary/aromatic N) is 5. The van der Waals surface area contributed by atoms with Crippen LogP contribution in [-0.4, -0.2) is 43.6 Å². The molecule has 1 N–H and O–H groups in total. The average molecular weight is 344 g/mol. The standard InChI is InChI=1S/C15H16N6O2S/c1-24(22,23)13-6-2-4-10(14(13)15-16-9-17-20-15)11-8-19-21-12(11)5-3-7-18-21/h2,4,6,8,18H,3,5,7,9H2,1H3. The number of azo groups is 1. The van der Waals surface area contributed by atoms with Crippen LogP contribution in [0.25, 0.3) is 11.1 Å². The normalized spacial score (nSPS) is 16.6. The van der Waals surface area contributed by atoms with Gasteiger partial charge in [-0.25, -0.2) is 13.4 Å². The summed E-state index contributed by atoms with van der Waals surface area (Å²) < 4.78 is 24.5. The monoisotopic (exact) mass is 344 g/mol. The molecule has 0 spiro atoms. The molecule has 2 aliphatic heterocycles. The van der Waals surface area contributed by atoms with Crippen LogP contribution < -0.4 is 5.43 Å². The summed E-state index contributed by atoms with van der Waals surface area (Å²) in [6.45, 7) is 1.09. The van der Waals surface area contributed by atoms with E-state index >= 15 is 0 Å². The first-order valence-corrected chi connectivity index (χ1v) is 9.51. The van der Waals surface area contributed by atoms with Gasteiger partial charge in [0.1, 0.15) is 0 Å². The Labute approximate surface area is 139 Å². The van der Waals surface area contributed by atoms with E-state index in [4.69, 9.17) is 0 Å². The van der Waals surface area contributed by atoms with Crippen molar-refractivity contribution in [1.82, 2.24) is 9.89 Å². The molecule has 2 aliphatic rings. The fourth-order valence-corrected chi connectivity index (χ4v) is 3.97. The lowest BCUT2D eigenvalue weighted by molar-refractivity contribution is 0.601. The van der Waals surface area contributed by atoms with Crippen LogP contribution in [0.5, 0.6) is 0 Å². The van der Waals surface area contributed by atoms with Gasteiger partial charge >= 0.3 is 0 Å². The molecule has 0 radical (unpaired) electrons. The zero-order chi connectivity index (χ0) is 16.7. The number of hydrogen-bond donors (Lipinski definition) is 1. The molecule has 9 heteroatoms. The third-order valence-electron chi connectivity index (χ3n) is 4.11. The van der Waals surface area contributed by atoms with E-state index in [-0.39, 0.29) is 11.6 Å². The fourth-order valence-electron chi connectivity index (χ4n) is 3.07. The number of hydrogen-bond acceptors (Lipinski definition) is 7. The molecular weight excluding hydrogens is 328 g/mol. The van der Waals surface area contributed by atoms with Crippen molar-refractivity contribution in [2.45, 2.75) is 17.7 Å². The van der Waals surface area contributed by atoms with Gasteiger partial charge in [-0.05, 0) is 24.5 Å². The van der Waals surface area contributed by atoms with Gasteiger partial charge in [0, 0.05) is 23.9 Å². The number of amidine groups is 1.